The van der Waals surface area contributed by atoms with Crippen molar-refractivity contribution in [3.8, 4) is 50.8 Å². The van der Waals surface area contributed by atoms with Crippen LogP contribution in [0.4, 0.5) is 0 Å². The molecule has 0 bridgehead atoms. The molecule has 0 aliphatic heterocycles. The topological polar surface area (TPSA) is 40.6 Å². The Morgan fingerprint density at radius 2 is 0.889 bits per heavy atom. The van der Waals surface area contributed by atoms with Crippen LogP contribution in [0.5, 0.6) is 0 Å². The van der Waals surface area contributed by atoms with Crippen LogP contribution in [-0.2, 0) is 0 Å². The molecule has 294 valence electrons. The van der Waals surface area contributed by atoms with Gasteiger partial charge in [-0.25, -0.2) is 9.97 Å². The van der Waals surface area contributed by atoms with Gasteiger partial charge in [0.05, 0.1) is 38.8 Å². The molecule has 13 aromatic rings. The Morgan fingerprint density at radius 1 is 0.302 bits per heavy atom. The summed E-state index contributed by atoms with van der Waals surface area (Å²) in [5, 5.41) is 6.96. The van der Waals surface area contributed by atoms with Crippen LogP contribution < -0.4 is 0 Å². The monoisotopic (exact) mass is 803 g/mol. The second-order valence-electron chi connectivity index (χ2n) is 16.2. The molecule has 0 amide bonds. The van der Waals surface area contributed by atoms with Crippen LogP contribution in [0.15, 0.2) is 225 Å². The highest BCUT2D eigenvalue weighted by Gasteiger charge is 2.21. The van der Waals surface area contributed by atoms with E-state index in [-0.39, 0.29) is 0 Å². The van der Waals surface area contributed by atoms with Crippen LogP contribution in [-0.4, -0.2) is 23.7 Å². The lowest BCUT2D eigenvalue weighted by Gasteiger charge is -2.12. The van der Waals surface area contributed by atoms with E-state index in [9.17, 15) is 0 Å². The van der Waals surface area contributed by atoms with Crippen molar-refractivity contribution in [3.63, 3.8) is 0 Å². The number of benzene rings is 9. The maximum absolute atomic E-state index is 5.47. The Labute approximate surface area is 363 Å². The number of hydrogen-bond acceptors (Lipinski definition) is 2. The number of fused-ring (bicyclic) bond motifs is 9. The molecule has 0 saturated heterocycles. The highest BCUT2D eigenvalue weighted by molar-refractivity contribution is 6.22. The van der Waals surface area contributed by atoms with Gasteiger partial charge in [-0.1, -0.05) is 121 Å². The van der Waals surface area contributed by atoms with Crippen molar-refractivity contribution < 1.29 is 0 Å². The second kappa shape index (κ2) is 14.0. The molecule has 63 heavy (non-hydrogen) atoms. The lowest BCUT2D eigenvalue weighted by Crippen LogP contribution is -1.96. The van der Waals surface area contributed by atoms with E-state index >= 15 is 0 Å². The lowest BCUT2D eigenvalue weighted by atomic mass is 10.0. The standard InChI is InChI=1S/C58H37N5/c1-4-15-38(16-5-1)39-17-14-22-44(35-39)63-54-30-28-41(37-49(54)56-47-33-34-61(42-18-6-2-7-19-42)51(47)31-32-55(56)63)58-59-50-25-12-10-24-46(50)57(60-58)40-27-29-53-48(36-40)45-23-11-13-26-52(45)62(53)43-20-8-3-9-21-43/h1-37H. The average Bonchev–Trinajstić information content (AvgIpc) is 4.04. The van der Waals surface area contributed by atoms with Gasteiger partial charge in [0.15, 0.2) is 5.82 Å². The Morgan fingerprint density at radius 3 is 1.71 bits per heavy atom. The summed E-state index contributed by atoms with van der Waals surface area (Å²) in [4.78, 5) is 10.7. The Bertz CT molecular complexity index is 3900. The fraction of sp³-hybridized carbons (Fsp3) is 0. The fourth-order valence-electron chi connectivity index (χ4n) is 9.82. The van der Waals surface area contributed by atoms with E-state index in [2.05, 4.69) is 238 Å². The van der Waals surface area contributed by atoms with Gasteiger partial charge < -0.3 is 13.7 Å². The molecule has 0 radical (unpaired) electrons. The third kappa shape index (κ3) is 5.57. The minimum absolute atomic E-state index is 0.693. The van der Waals surface area contributed by atoms with Crippen LogP contribution in [0.3, 0.4) is 0 Å². The third-order valence-corrected chi connectivity index (χ3v) is 12.7. The lowest BCUT2D eigenvalue weighted by molar-refractivity contribution is 1.13. The van der Waals surface area contributed by atoms with E-state index in [0.29, 0.717) is 5.82 Å². The maximum Gasteiger partial charge on any atom is 0.160 e. The first-order valence-electron chi connectivity index (χ1n) is 21.4. The predicted molar refractivity (Wildman–Crippen MR) is 261 cm³/mol. The minimum Gasteiger partial charge on any atom is -0.317 e. The molecular formula is C58H37N5. The summed E-state index contributed by atoms with van der Waals surface area (Å²) in [5.74, 6) is 0.693. The molecule has 9 aromatic carbocycles. The number of rotatable bonds is 6. The van der Waals surface area contributed by atoms with Crippen molar-refractivity contribution in [3.05, 3.63) is 225 Å². The first-order chi connectivity index (χ1) is 31.2. The Balaban J connectivity index is 1.03. The molecule has 5 nitrogen and oxygen atoms in total. The Kier molecular flexibility index (Phi) is 7.84. The summed E-state index contributed by atoms with van der Waals surface area (Å²) in [5.41, 5.74) is 15.4. The van der Waals surface area contributed by atoms with E-state index in [1.165, 1.54) is 38.2 Å². The molecule has 0 unspecified atom stereocenters. The zero-order valence-electron chi connectivity index (χ0n) is 34.1. The summed E-state index contributed by atoms with van der Waals surface area (Å²) in [6.07, 6.45) is 2.19. The van der Waals surface area contributed by atoms with Crippen molar-refractivity contribution >= 4 is 65.4 Å². The largest absolute Gasteiger partial charge is 0.317 e. The molecule has 4 aromatic heterocycles. The number of para-hydroxylation sites is 4. The van der Waals surface area contributed by atoms with Gasteiger partial charge in [0, 0.05) is 66.7 Å². The van der Waals surface area contributed by atoms with Gasteiger partial charge in [-0.3, -0.25) is 0 Å². The summed E-state index contributed by atoms with van der Waals surface area (Å²) in [6.45, 7) is 0. The van der Waals surface area contributed by atoms with E-state index in [4.69, 9.17) is 9.97 Å². The van der Waals surface area contributed by atoms with Crippen molar-refractivity contribution in [1.82, 2.24) is 23.7 Å². The van der Waals surface area contributed by atoms with E-state index in [0.717, 1.165) is 72.2 Å². The maximum atomic E-state index is 5.47. The SMILES string of the molecule is c1ccc(-c2cccc(-n3c4ccc(-c5nc(-c6ccc7c(c6)c6ccccc6n7-c6ccccc6)c6ccccc6n5)cc4c4c5ccn(-c6ccccc6)c5ccc43)c2)cc1. The fourth-order valence-corrected chi connectivity index (χ4v) is 9.82. The minimum atomic E-state index is 0.693. The first kappa shape index (κ1) is 35.2. The van der Waals surface area contributed by atoms with Crippen LogP contribution in [0, 0.1) is 0 Å². The van der Waals surface area contributed by atoms with Gasteiger partial charge in [-0.2, -0.15) is 0 Å². The molecule has 0 aliphatic carbocycles. The highest BCUT2D eigenvalue weighted by Crippen LogP contribution is 2.41. The van der Waals surface area contributed by atoms with E-state index < -0.39 is 0 Å². The highest BCUT2D eigenvalue weighted by atomic mass is 15.0. The average molecular weight is 804 g/mol. The predicted octanol–water partition coefficient (Wildman–Crippen LogP) is 14.8. The number of hydrogen-bond donors (Lipinski definition) is 0. The van der Waals surface area contributed by atoms with Crippen LogP contribution in [0.25, 0.3) is 116 Å². The van der Waals surface area contributed by atoms with Crippen molar-refractivity contribution in [2.75, 3.05) is 0 Å². The van der Waals surface area contributed by atoms with Gasteiger partial charge >= 0.3 is 0 Å². The molecule has 13 rings (SSSR count). The summed E-state index contributed by atoms with van der Waals surface area (Å²) in [7, 11) is 0. The van der Waals surface area contributed by atoms with Crippen molar-refractivity contribution in [2.24, 2.45) is 0 Å². The van der Waals surface area contributed by atoms with Gasteiger partial charge in [-0.05, 0) is 108 Å². The van der Waals surface area contributed by atoms with E-state index in [1.807, 2.05) is 0 Å². The summed E-state index contributed by atoms with van der Waals surface area (Å²) in [6, 6.07) is 78.0. The summed E-state index contributed by atoms with van der Waals surface area (Å²) >= 11 is 0. The smallest absolute Gasteiger partial charge is 0.160 e. The van der Waals surface area contributed by atoms with Crippen molar-refractivity contribution in [1.29, 1.82) is 0 Å². The molecule has 0 spiro atoms. The number of aromatic nitrogens is 5. The van der Waals surface area contributed by atoms with Gasteiger partial charge in [0.2, 0.25) is 0 Å². The van der Waals surface area contributed by atoms with Gasteiger partial charge in [-0.15, -0.1) is 0 Å². The molecular weight excluding hydrogens is 767 g/mol. The van der Waals surface area contributed by atoms with Gasteiger partial charge in [0.1, 0.15) is 0 Å². The zero-order valence-corrected chi connectivity index (χ0v) is 34.1. The summed E-state index contributed by atoms with van der Waals surface area (Å²) < 4.78 is 7.05. The van der Waals surface area contributed by atoms with Crippen LogP contribution in [0.2, 0.25) is 0 Å². The Hall–Kier alpha value is -8.54. The molecule has 0 atom stereocenters. The second-order valence-corrected chi connectivity index (χ2v) is 16.2. The van der Waals surface area contributed by atoms with Crippen LogP contribution in [0.1, 0.15) is 0 Å². The molecule has 0 fully saturated rings. The molecule has 0 aliphatic rings. The number of nitrogens with zero attached hydrogens (tertiary/aromatic N) is 5. The zero-order chi connectivity index (χ0) is 41.4. The third-order valence-electron chi connectivity index (χ3n) is 12.7. The molecule has 5 heteroatoms. The van der Waals surface area contributed by atoms with Gasteiger partial charge in [0.25, 0.3) is 0 Å². The molecule has 0 N–H and O–H groups in total. The normalized spacial score (nSPS) is 11.8. The molecule has 0 saturated carbocycles. The van der Waals surface area contributed by atoms with E-state index in [1.54, 1.807) is 0 Å². The van der Waals surface area contributed by atoms with Crippen LogP contribution >= 0.6 is 0 Å². The van der Waals surface area contributed by atoms with Crippen molar-refractivity contribution in [2.45, 2.75) is 0 Å². The quantitative estimate of drug-likeness (QED) is 0.168. The molecule has 4 heterocycles. The first-order valence-corrected chi connectivity index (χ1v) is 21.4.